The van der Waals surface area contributed by atoms with Crippen LogP contribution >= 0.6 is 0 Å². The number of hydrogen-bond donors (Lipinski definition) is 1. The molecule has 24 heavy (non-hydrogen) atoms. The smallest absolute Gasteiger partial charge is 0.256 e. The Morgan fingerprint density at radius 1 is 1.38 bits per heavy atom. The Morgan fingerprint density at radius 2 is 2.21 bits per heavy atom. The zero-order valence-electron chi connectivity index (χ0n) is 14.0. The number of nitrogens with one attached hydrogen (secondary N) is 1. The number of nitrogens with zero attached hydrogens (tertiary/aromatic N) is 3. The van der Waals surface area contributed by atoms with E-state index in [0.29, 0.717) is 23.9 Å². The zero-order chi connectivity index (χ0) is 16.9. The van der Waals surface area contributed by atoms with E-state index in [-0.39, 0.29) is 11.9 Å². The number of pyridine rings is 2. The van der Waals surface area contributed by atoms with E-state index in [1.165, 1.54) is 12.7 Å². The van der Waals surface area contributed by atoms with Gasteiger partial charge in [-0.3, -0.25) is 14.7 Å². The molecule has 0 unspecified atom stereocenters. The Hall–Kier alpha value is -2.47. The average molecular weight is 326 g/mol. The second-order valence-electron chi connectivity index (χ2n) is 6.03. The van der Waals surface area contributed by atoms with E-state index in [0.717, 1.165) is 13.0 Å². The zero-order valence-corrected chi connectivity index (χ0v) is 14.0. The number of carbonyl (C=O) groups is 1. The summed E-state index contributed by atoms with van der Waals surface area (Å²) in [7, 11) is 3.63. The first-order valence-electron chi connectivity index (χ1n) is 8.08. The minimum Gasteiger partial charge on any atom is -0.480 e. The van der Waals surface area contributed by atoms with Gasteiger partial charge in [-0.1, -0.05) is 6.07 Å². The third kappa shape index (κ3) is 3.38. The van der Waals surface area contributed by atoms with Crippen molar-refractivity contribution in [2.45, 2.75) is 12.5 Å². The van der Waals surface area contributed by atoms with E-state index < -0.39 is 0 Å². The summed E-state index contributed by atoms with van der Waals surface area (Å²) in [4.78, 5) is 23.1. The summed E-state index contributed by atoms with van der Waals surface area (Å²) in [5.74, 6) is 0.549. The molecule has 2 aromatic rings. The summed E-state index contributed by atoms with van der Waals surface area (Å²) in [6.07, 6.45) is 6.34. The van der Waals surface area contributed by atoms with E-state index in [2.05, 4.69) is 33.3 Å². The van der Waals surface area contributed by atoms with Crippen LogP contribution in [0.4, 0.5) is 0 Å². The molecule has 1 aliphatic rings. The van der Waals surface area contributed by atoms with Gasteiger partial charge in [-0.15, -0.1) is 0 Å². The summed E-state index contributed by atoms with van der Waals surface area (Å²) >= 11 is 0. The maximum Gasteiger partial charge on any atom is 0.256 e. The highest BCUT2D eigenvalue weighted by atomic mass is 16.5. The summed E-state index contributed by atoms with van der Waals surface area (Å²) in [6.45, 7) is 1.62. The molecule has 0 bridgehead atoms. The van der Waals surface area contributed by atoms with Crippen molar-refractivity contribution in [2.75, 3.05) is 27.2 Å². The normalized spacial score (nSPS) is 20.8. The first-order chi connectivity index (χ1) is 11.7. The Bertz CT molecular complexity index is 692. The second-order valence-corrected chi connectivity index (χ2v) is 6.03. The van der Waals surface area contributed by atoms with E-state index >= 15 is 0 Å². The molecule has 0 saturated carbocycles. The van der Waals surface area contributed by atoms with Gasteiger partial charge >= 0.3 is 0 Å². The van der Waals surface area contributed by atoms with E-state index in [1.54, 1.807) is 24.5 Å². The molecule has 2 atom stereocenters. The molecule has 1 N–H and O–H groups in total. The van der Waals surface area contributed by atoms with Gasteiger partial charge in [0.1, 0.15) is 5.56 Å². The molecule has 1 fully saturated rings. The monoisotopic (exact) mass is 326 g/mol. The van der Waals surface area contributed by atoms with Crippen LogP contribution < -0.4 is 10.1 Å². The van der Waals surface area contributed by atoms with E-state index in [1.807, 2.05) is 12.3 Å². The first kappa shape index (κ1) is 16.4. The Morgan fingerprint density at radius 3 is 2.96 bits per heavy atom. The molecule has 6 nitrogen and oxygen atoms in total. The minimum absolute atomic E-state index is 0.153. The van der Waals surface area contributed by atoms with Gasteiger partial charge in [0, 0.05) is 31.2 Å². The van der Waals surface area contributed by atoms with Crippen molar-refractivity contribution in [3.63, 3.8) is 0 Å². The standard InChI is InChI=1S/C18H22N4O2/c1-22-10-7-14(16(22)13-5-3-8-19-11-13)12-21-17(23)15-6-4-9-20-18(15)24-2/h3-6,8-9,11,14,16H,7,10,12H2,1-2H3,(H,21,23)/t14-,16-/m0/s1. The molecule has 2 aromatic heterocycles. The van der Waals surface area contributed by atoms with Gasteiger partial charge in [0.15, 0.2) is 0 Å². The number of amides is 1. The Labute approximate surface area is 141 Å². The topological polar surface area (TPSA) is 67.3 Å². The van der Waals surface area contributed by atoms with Crippen molar-refractivity contribution in [3.8, 4) is 5.88 Å². The van der Waals surface area contributed by atoms with Gasteiger partial charge in [0.05, 0.1) is 7.11 Å². The molecule has 0 aliphatic carbocycles. The molecular weight excluding hydrogens is 304 g/mol. The fourth-order valence-electron chi connectivity index (χ4n) is 3.36. The highest BCUT2D eigenvalue weighted by molar-refractivity contribution is 5.96. The lowest BCUT2D eigenvalue weighted by atomic mass is 9.94. The number of rotatable bonds is 5. The highest BCUT2D eigenvalue weighted by Crippen LogP contribution is 2.35. The van der Waals surface area contributed by atoms with Crippen LogP contribution in [0, 0.1) is 5.92 Å². The molecule has 126 valence electrons. The lowest BCUT2D eigenvalue weighted by Crippen LogP contribution is -2.32. The number of carbonyl (C=O) groups excluding carboxylic acids is 1. The molecule has 3 rings (SSSR count). The number of likely N-dealkylation sites (tertiary alicyclic amines) is 1. The number of ether oxygens (including phenoxy) is 1. The third-order valence-corrected chi connectivity index (χ3v) is 4.53. The first-order valence-corrected chi connectivity index (χ1v) is 8.08. The number of aromatic nitrogens is 2. The van der Waals surface area contributed by atoms with Crippen molar-refractivity contribution in [3.05, 3.63) is 54.0 Å². The second kappa shape index (κ2) is 7.40. The Balaban J connectivity index is 1.68. The lowest BCUT2D eigenvalue weighted by Gasteiger charge is -2.25. The predicted molar refractivity (Wildman–Crippen MR) is 90.8 cm³/mol. The average Bonchev–Trinajstić information content (AvgIpc) is 3.01. The van der Waals surface area contributed by atoms with Crippen LogP contribution in [0.3, 0.4) is 0 Å². The molecule has 0 radical (unpaired) electrons. The summed E-state index contributed by atoms with van der Waals surface area (Å²) in [5, 5.41) is 3.03. The predicted octanol–water partition coefficient (Wildman–Crippen LogP) is 1.91. The lowest BCUT2D eigenvalue weighted by molar-refractivity contribution is 0.0939. The van der Waals surface area contributed by atoms with Crippen LogP contribution in [0.1, 0.15) is 28.4 Å². The molecule has 3 heterocycles. The Kier molecular flexibility index (Phi) is 5.05. The number of hydrogen-bond acceptors (Lipinski definition) is 5. The quantitative estimate of drug-likeness (QED) is 0.909. The van der Waals surface area contributed by atoms with Crippen molar-refractivity contribution < 1.29 is 9.53 Å². The molecule has 6 heteroatoms. The van der Waals surface area contributed by atoms with E-state index in [9.17, 15) is 4.79 Å². The SMILES string of the molecule is COc1ncccc1C(=O)NC[C@@H]1CCN(C)[C@H]1c1cccnc1. The van der Waals surface area contributed by atoms with Gasteiger partial charge in [-0.2, -0.15) is 0 Å². The van der Waals surface area contributed by atoms with Crippen molar-refractivity contribution in [1.82, 2.24) is 20.2 Å². The molecule has 1 aliphatic heterocycles. The molecular formula is C18H22N4O2. The maximum absolute atomic E-state index is 12.4. The van der Waals surface area contributed by atoms with Gasteiger partial charge < -0.3 is 10.1 Å². The third-order valence-electron chi connectivity index (χ3n) is 4.53. The molecule has 0 spiro atoms. The van der Waals surface area contributed by atoms with Crippen LogP contribution in [-0.4, -0.2) is 48.0 Å². The van der Waals surface area contributed by atoms with Crippen LogP contribution in [0.5, 0.6) is 5.88 Å². The molecule has 0 aromatic carbocycles. The highest BCUT2D eigenvalue weighted by Gasteiger charge is 2.33. The van der Waals surface area contributed by atoms with Gasteiger partial charge in [-0.05, 0) is 49.7 Å². The van der Waals surface area contributed by atoms with Crippen LogP contribution in [0.2, 0.25) is 0 Å². The maximum atomic E-state index is 12.4. The van der Waals surface area contributed by atoms with Crippen molar-refractivity contribution >= 4 is 5.91 Å². The summed E-state index contributed by atoms with van der Waals surface area (Å²) < 4.78 is 5.16. The molecule has 1 saturated heterocycles. The van der Waals surface area contributed by atoms with Gasteiger partial charge in [0.2, 0.25) is 5.88 Å². The number of methoxy groups -OCH3 is 1. The largest absolute Gasteiger partial charge is 0.480 e. The van der Waals surface area contributed by atoms with Gasteiger partial charge in [0.25, 0.3) is 5.91 Å². The summed E-state index contributed by atoms with van der Waals surface area (Å²) in [5.41, 5.74) is 1.65. The van der Waals surface area contributed by atoms with Crippen LogP contribution in [0.15, 0.2) is 42.9 Å². The van der Waals surface area contributed by atoms with Crippen LogP contribution in [-0.2, 0) is 0 Å². The minimum atomic E-state index is -0.153. The van der Waals surface area contributed by atoms with Gasteiger partial charge in [-0.25, -0.2) is 4.98 Å². The van der Waals surface area contributed by atoms with Crippen molar-refractivity contribution in [2.24, 2.45) is 5.92 Å². The molecule has 1 amide bonds. The fourth-order valence-corrected chi connectivity index (χ4v) is 3.36. The fraction of sp³-hybridized carbons (Fsp3) is 0.389. The summed E-state index contributed by atoms with van der Waals surface area (Å²) in [6, 6.07) is 7.78. The van der Waals surface area contributed by atoms with E-state index in [4.69, 9.17) is 4.74 Å². The van der Waals surface area contributed by atoms with Crippen molar-refractivity contribution in [1.29, 1.82) is 0 Å². The van der Waals surface area contributed by atoms with Crippen LogP contribution in [0.25, 0.3) is 0 Å².